The molecule has 0 aromatic rings. The van der Waals surface area contributed by atoms with Gasteiger partial charge in [0.05, 0.1) is 0 Å². The van der Waals surface area contributed by atoms with E-state index in [-0.39, 0.29) is 11.9 Å². The Morgan fingerprint density at radius 1 is 1.35 bits per heavy atom. The van der Waals surface area contributed by atoms with Crippen LogP contribution in [0.25, 0.3) is 0 Å². The summed E-state index contributed by atoms with van der Waals surface area (Å²) in [6.45, 7) is 2.13. The molecule has 2 unspecified atom stereocenters. The first-order valence-corrected chi connectivity index (χ1v) is 6.30. The summed E-state index contributed by atoms with van der Waals surface area (Å²) in [5, 5.41) is 11.7. The van der Waals surface area contributed by atoms with Gasteiger partial charge in [0.1, 0.15) is 6.10 Å². The lowest BCUT2D eigenvalue weighted by molar-refractivity contribution is -0.151. The lowest BCUT2D eigenvalue weighted by Gasteiger charge is -2.11. The smallest absolute Gasteiger partial charge is 0.332 e. The Kier molecular flexibility index (Phi) is 3.66. The largest absolute Gasteiger partial charge is 0.479 e. The van der Waals surface area contributed by atoms with Crippen LogP contribution < -0.4 is 5.32 Å². The number of rotatable bonds is 5. The van der Waals surface area contributed by atoms with Gasteiger partial charge in [0.15, 0.2) is 6.10 Å². The summed E-state index contributed by atoms with van der Waals surface area (Å²) in [5.74, 6) is -0.506. The second-order valence-electron chi connectivity index (χ2n) is 4.93. The highest BCUT2D eigenvalue weighted by atomic mass is 16.5. The molecule has 0 bridgehead atoms. The van der Waals surface area contributed by atoms with E-state index in [1.54, 1.807) is 0 Å². The lowest BCUT2D eigenvalue weighted by atomic mass is 10.2. The quantitative estimate of drug-likeness (QED) is 0.750. The standard InChI is InChI=1S/C12H19NO4/c1-2-3-7-6-8(7)13-11(14)9-4-5-10(17-9)12(15)16/h7-10H,2-6H2,1H3,(H,13,14)(H,15,16)/t7?,8?,9-,10+/m0/s1. The van der Waals surface area contributed by atoms with Crippen molar-refractivity contribution in [2.45, 2.75) is 57.3 Å². The number of ether oxygens (including phenoxy) is 1. The minimum Gasteiger partial charge on any atom is -0.479 e. The molecule has 2 rings (SSSR count). The average molecular weight is 241 g/mol. The van der Waals surface area contributed by atoms with Crippen LogP contribution in [-0.4, -0.2) is 35.2 Å². The predicted octanol–water partition coefficient (Wildman–Crippen LogP) is 0.923. The molecule has 1 amide bonds. The summed E-state index contributed by atoms with van der Waals surface area (Å²) >= 11 is 0. The molecule has 1 aliphatic heterocycles. The molecule has 0 aromatic carbocycles. The summed E-state index contributed by atoms with van der Waals surface area (Å²) in [6, 6.07) is 0.287. The van der Waals surface area contributed by atoms with Crippen LogP contribution in [0.4, 0.5) is 0 Å². The first-order chi connectivity index (χ1) is 8.11. The molecule has 2 N–H and O–H groups in total. The molecule has 5 nitrogen and oxygen atoms in total. The monoisotopic (exact) mass is 241 g/mol. The van der Waals surface area contributed by atoms with Crippen molar-refractivity contribution in [2.24, 2.45) is 5.92 Å². The van der Waals surface area contributed by atoms with Gasteiger partial charge in [0.25, 0.3) is 0 Å². The van der Waals surface area contributed by atoms with Crippen molar-refractivity contribution < 1.29 is 19.4 Å². The highest BCUT2D eigenvalue weighted by Crippen LogP contribution is 2.35. The van der Waals surface area contributed by atoms with Crippen LogP contribution in [0.2, 0.25) is 0 Å². The van der Waals surface area contributed by atoms with E-state index in [4.69, 9.17) is 9.84 Å². The van der Waals surface area contributed by atoms with Crippen LogP contribution in [0, 0.1) is 5.92 Å². The zero-order valence-electron chi connectivity index (χ0n) is 10.0. The van der Waals surface area contributed by atoms with Gasteiger partial charge < -0.3 is 15.2 Å². The maximum atomic E-state index is 11.8. The molecule has 17 heavy (non-hydrogen) atoms. The van der Waals surface area contributed by atoms with Crippen LogP contribution >= 0.6 is 0 Å². The Bertz CT molecular complexity index is 318. The van der Waals surface area contributed by atoms with Crippen molar-refractivity contribution >= 4 is 11.9 Å². The Balaban J connectivity index is 1.73. The Morgan fingerprint density at radius 2 is 2.06 bits per heavy atom. The van der Waals surface area contributed by atoms with E-state index in [0.717, 1.165) is 19.3 Å². The first kappa shape index (κ1) is 12.4. The summed E-state index contributed by atoms with van der Waals surface area (Å²) in [7, 11) is 0. The molecule has 1 saturated heterocycles. The van der Waals surface area contributed by atoms with Gasteiger partial charge >= 0.3 is 5.97 Å². The molecule has 5 heteroatoms. The molecular formula is C12H19NO4. The van der Waals surface area contributed by atoms with Gasteiger partial charge in [0.2, 0.25) is 5.91 Å². The van der Waals surface area contributed by atoms with Crippen molar-refractivity contribution in [2.75, 3.05) is 0 Å². The van der Waals surface area contributed by atoms with Crippen LogP contribution in [0.15, 0.2) is 0 Å². The van der Waals surface area contributed by atoms with Gasteiger partial charge in [-0.3, -0.25) is 4.79 Å². The topological polar surface area (TPSA) is 75.6 Å². The number of hydrogen-bond donors (Lipinski definition) is 2. The number of nitrogens with one attached hydrogen (secondary N) is 1. The molecule has 1 saturated carbocycles. The second-order valence-corrected chi connectivity index (χ2v) is 4.93. The van der Waals surface area contributed by atoms with E-state index in [1.165, 1.54) is 0 Å². The van der Waals surface area contributed by atoms with E-state index in [9.17, 15) is 9.59 Å². The molecule has 96 valence electrons. The molecule has 0 radical (unpaired) electrons. The zero-order chi connectivity index (χ0) is 12.4. The van der Waals surface area contributed by atoms with Crippen molar-refractivity contribution in [3.63, 3.8) is 0 Å². The fourth-order valence-corrected chi connectivity index (χ4v) is 2.40. The third kappa shape index (κ3) is 2.97. The third-order valence-corrected chi connectivity index (χ3v) is 3.50. The summed E-state index contributed by atoms with van der Waals surface area (Å²) in [4.78, 5) is 22.5. The van der Waals surface area contributed by atoms with Crippen LogP contribution in [-0.2, 0) is 14.3 Å². The summed E-state index contributed by atoms with van der Waals surface area (Å²) in [5.41, 5.74) is 0. The number of amides is 1. The molecule has 1 aliphatic carbocycles. The molecule has 1 heterocycles. The number of hydrogen-bond acceptors (Lipinski definition) is 3. The fraction of sp³-hybridized carbons (Fsp3) is 0.833. The lowest BCUT2D eigenvalue weighted by Crippen LogP contribution is -2.37. The van der Waals surface area contributed by atoms with E-state index < -0.39 is 18.2 Å². The normalized spacial score (nSPS) is 35.6. The molecule has 2 aliphatic rings. The Labute approximate surface area is 101 Å². The number of carbonyl (C=O) groups is 2. The fourth-order valence-electron chi connectivity index (χ4n) is 2.40. The van der Waals surface area contributed by atoms with Crippen molar-refractivity contribution in [1.29, 1.82) is 0 Å². The SMILES string of the molecule is CCCC1CC1NC(=O)[C@@H]1CC[C@H](C(=O)O)O1. The summed E-state index contributed by atoms with van der Waals surface area (Å²) < 4.78 is 5.20. The van der Waals surface area contributed by atoms with Gasteiger partial charge in [-0.25, -0.2) is 4.79 Å². The van der Waals surface area contributed by atoms with Gasteiger partial charge in [-0.15, -0.1) is 0 Å². The van der Waals surface area contributed by atoms with Gasteiger partial charge in [-0.05, 0) is 31.6 Å². The number of carboxylic acid groups (broad SMARTS) is 1. The maximum Gasteiger partial charge on any atom is 0.332 e. The van der Waals surface area contributed by atoms with Crippen LogP contribution in [0.1, 0.15) is 39.0 Å². The average Bonchev–Trinajstić information content (AvgIpc) is 2.83. The van der Waals surface area contributed by atoms with E-state index in [0.29, 0.717) is 18.8 Å². The molecule has 0 aromatic heterocycles. The van der Waals surface area contributed by atoms with Gasteiger partial charge in [0, 0.05) is 6.04 Å². The van der Waals surface area contributed by atoms with Crippen LogP contribution in [0.3, 0.4) is 0 Å². The van der Waals surface area contributed by atoms with Crippen molar-refractivity contribution in [3.8, 4) is 0 Å². The Hall–Kier alpha value is -1.10. The zero-order valence-corrected chi connectivity index (χ0v) is 10.0. The van der Waals surface area contributed by atoms with Crippen molar-refractivity contribution in [1.82, 2.24) is 5.32 Å². The minimum atomic E-state index is -0.976. The highest BCUT2D eigenvalue weighted by molar-refractivity contribution is 5.83. The third-order valence-electron chi connectivity index (χ3n) is 3.50. The number of aliphatic carboxylic acids is 1. The highest BCUT2D eigenvalue weighted by Gasteiger charge is 2.41. The van der Waals surface area contributed by atoms with Gasteiger partial charge in [-0.1, -0.05) is 13.3 Å². The number of carbonyl (C=O) groups excluding carboxylic acids is 1. The van der Waals surface area contributed by atoms with Crippen LogP contribution in [0.5, 0.6) is 0 Å². The predicted molar refractivity (Wildman–Crippen MR) is 60.5 cm³/mol. The van der Waals surface area contributed by atoms with E-state index >= 15 is 0 Å². The molecule has 2 fully saturated rings. The minimum absolute atomic E-state index is 0.141. The van der Waals surface area contributed by atoms with E-state index in [2.05, 4.69) is 12.2 Å². The van der Waals surface area contributed by atoms with E-state index in [1.807, 2.05) is 0 Å². The molecule has 0 spiro atoms. The maximum absolute atomic E-state index is 11.8. The second kappa shape index (κ2) is 5.04. The van der Waals surface area contributed by atoms with Crippen molar-refractivity contribution in [3.05, 3.63) is 0 Å². The van der Waals surface area contributed by atoms with Gasteiger partial charge in [-0.2, -0.15) is 0 Å². The Morgan fingerprint density at radius 3 is 2.65 bits per heavy atom. The first-order valence-electron chi connectivity index (χ1n) is 6.30. The molecule has 4 atom stereocenters. The number of carboxylic acids is 1. The summed E-state index contributed by atoms with van der Waals surface area (Å²) in [6.07, 6.45) is 2.89. The molecular weight excluding hydrogens is 222 g/mol.